The van der Waals surface area contributed by atoms with Gasteiger partial charge in [-0.1, -0.05) is 321 Å². The molecule has 2 aliphatic rings. The van der Waals surface area contributed by atoms with E-state index < -0.39 is 86.8 Å². The van der Waals surface area contributed by atoms with Gasteiger partial charge in [0.15, 0.2) is 12.6 Å². The van der Waals surface area contributed by atoms with Gasteiger partial charge in [0.2, 0.25) is 5.91 Å². The van der Waals surface area contributed by atoms with Gasteiger partial charge in [0, 0.05) is 6.42 Å². The Morgan fingerprint density at radius 2 is 0.738 bits per heavy atom. The third kappa shape index (κ3) is 39.7. The number of amides is 1. The quantitative estimate of drug-likeness (QED) is 0.0204. The molecule has 0 bridgehead atoms. The second kappa shape index (κ2) is 55.8. The van der Waals surface area contributed by atoms with Crippen molar-refractivity contribution < 1.29 is 64.6 Å². The van der Waals surface area contributed by atoms with Crippen molar-refractivity contribution >= 4 is 5.91 Å². The van der Waals surface area contributed by atoms with E-state index in [1.807, 2.05) is 6.08 Å². The molecule has 0 radical (unpaired) electrons. The topological polar surface area (TPSA) is 228 Å². The predicted molar refractivity (Wildman–Crippen MR) is 342 cm³/mol. The number of aliphatic hydroxyl groups excluding tert-OH is 8. The van der Waals surface area contributed by atoms with Crippen LogP contribution in [-0.4, -0.2) is 140 Å². The van der Waals surface area contributed by atoms with E-state index in [2.05, 4.69) is 19.2 Å². The Bertz CT molecular complexity index is 1460. The van der Waals surface area contributed by atoms with Gasteiger partial charge in [-0.05, 0) is 19.3 Å². The summed E-state index contributed by atoms with van der Waals surface area (Å²) < 4.78 is 22.8. The van der Waals surface area contributed by atoms with Crippen molar-refractivity contribution in [3.63, 3.8) is 0 Å². The van der Waals surface area contributed by atoms with E-state index in [4.69, 9.17) is 18.9 Å². The number of ether oxygens (including phenoxy) is 4. The lowest BCUT2D eigenvalue weighted by Gasteiger charge is -2.46. The minimum absolute atomic E-state index is 0.233. The maximum absolute atomic E-state index is 13.3. The first-order valence-electron chi connectivity index (χ1n) is 35.9. The molecule has 0 aliphatic carbocycles. The Morgan fingerprint density at radius 3 is 1.10 bits per heavy atom. The molecule has 0 aromatic rings. The first-order chi connectivity index (χ1) is 41.1. The van der Waals surface area contributed by atoms with E-state index in [9.17, 15) is 45.6 Å². The zero-order valence-corrected chi connectivity index (χ0v) is 54.2. The van der Waals surface area contributed by atoms with Crippen molar-refractivity contribution in [1.82, 2.24) is 5.32 Å². The number of hydrogen-bond donors (Lipinski definition) is 9. The number of carbonyl (C=O) groups is 1. The van der Waals surface area contributed by atoms with Crippen molar-refractivity contribution in [2.24, 2.45) is 0 Å². The normalized spacial score (nSPS) is 23.6. The van der Waals surface area contributed by atoms with Crippen molar-refractivity contribution in [3.05, 3.63) is 12.2 Å². The van der Waals surface area contributed by atoms with Crippen LogP contribution in [0.15, 0.2) is 12.2 Å². The monoisotopic (exact) mass is 1200 g/mol. The summed E-state index contributed by atoms with van der Waals surface area (Å²) in [5.41, 5.74) is 0. The van der Waals surface area contributed by atoms with Crippen LogP contribution in [-0.2, 0) is 23.7 Å². The van der Waals surface area contributed by atoms with Crippen LogP contribution in [0.2, 0.25) is 0 Å². The third-order valence-electron chi connectivity index (χ3n) is 18.0. The molecule has 12 unspecified atom stereocenters. The van der Waals surface area contributed by atoms with Gasteiger partial charge in [-0.25, -0.2) is 0 Å². The zero-order chi connectivity index (χ0) is 60.9. The first kappa shape index (κ1) is 78.8. The van der Waals surface area contributed by atoms with Gasteiger partial charge in [0.05, 0.1) is 32.0 Å². The van der Waals surface area contributed by atoms with Gasteiger partial charge in [-0.2, -0.15) is 0 Å². The van der Waals surface area contributed by atoms with Crippen LogP contribution in [0.4, 0.5) is 0 Å². The number of nitrogens with one attached hydrogen (secondary N) is 1. The highest BCUT2D eigenvalue weighted by atomic mass is 16.7. The molecule has 2 heterocycles. The second-order valence-corrected chi connectivity index (χ2v) is 25.7. The molecular weight excluding hydrogens is 1060 g/mol. The number of allylic oxidation sites excluding steroid dienone is 1. The van der Waals surface area contributed by atoms with Gasteiger partial charge < -0.3 is 65.1 Å². The Balaban J connectivity index is 1.51. The number of carbonyl (C=O) groups excluding carboxylic acids is 1. The minimum atomic E-state index is -1.79. The maximum Gasteiger partial charge on any atom is 0.220 e. The van der Waals surface area contributed by atoms with Crippen LogP contribution in [0.25, 0.3) is 0 Å². The fraction of sp³-hybridized carbons (Fsp3) is 0.957. The highest BCUT2D eigenvalue weighted by molar-refractivity contribution is 5.76. The third-order valence-corrected chi connectivity index (χ3v) is 18.0. The fourth-order valence-electron chi connectivity index (χ4n) is 12.2. The smallest absolute Gasteiger partial charge is 0.220 e. The molecule has 1 amide bonds. The molecule has 12 atom stereocenters. The largest absolute Gasteiger partial charge is 0.394 e. The van der Waals surface area contributed by atoms with E-state index in [1.54, 1.807) is 6.08 Å². The molecule has 0 aromatic carbocycles. The lowest BCUT2D eigenvalue weighted by Crippen LogP contribution is -2.65. The molecule has 2 aliphatic heterocycles. The van der Waals surface area contributed by atoms with Crippen LogP contribution in [0, 0.1) is 0 Å². The highest BCUT2D eigenvalue weighted by Crippen LogP contribution is 2.30. The van der Waals surface area contributed by atoms with E-state index in [1.165, 1.54) is 270 Å². The summed E-state index contributed by atoms with van der Waals surface area (Å²) in [5, 5.41) is 87.1. The molecule has 14 heteroatoms. The fourth-order valence-corrected chi connectivity index (χ4v) is 12.2. The van der Waals surface area contributed by atoms with Crippen LogP contribution >= 0.6 is 0 Å². The summed E-state index contributed by atoms with van der Waals surface area (Å²) in [6.07, 6.45) is 51.8. The summed E-state index contributed by atoms with van der Waals surface area (Å²) >= 11 is 0. The van der Waals surface area contributed by atoms with Gasteiger partial charge in [-0.3, -0.25) is 4.79 Å². The molecule has 498 valence electrons. The average Bonchev–Trinajstić information content (AvgIpc) is 2.32. The van der Waals surface area contributed by atoms with Gasteiger partial charge in [0.25, 0.3) is 0 Å². The van der Waals surface area contributed by atoms with Gasteiger partial charge in [0.1, 0.15) is 48.8 Å². The Morgan fingerprint density at radius 1 is 0.417 bits per heavy atom. The summed E-state index contributed by atoms with van der Waals surface area (Å²) in [5.74, 6) is -0.233. The molecule has 2 fully saturated rings. The summed E-state index contributed by atoms with van der Waals surface area (Å²) in [6, 6.07) is -0.909. The molecule has 0 aromatic heterocycles. The molecule has 9 N–H and O–H groups in total. The van der Waals surface area contributed by atoms with Crippen LogP contribution < -0.4 is 5.32 Å². The van der Waals surface area contributed by atoms with Gasteiger partial charge in [-0.15, -0.1) is 0 Å². The van der Waals surface area contributed by atoms with Crippen LogP contribution in [0.5, 0.6) is 0 Å². The van der Waals surface area contributed by atoms with E-state index in [0.29, 0.717) is 6.42 Å². The molecule has 2 saturated heterocycles. The van der Waals surface area contributed by atoms with Crippen molar-refractivity contribution in [2.75, 3.05) is 19.8 Å². The average molecular weight is 1200 g/mol. The van der Waals surface area contributed by atoms with Crippen molar-refractivity contribution in [3.8, 4) is 0 Å². The zero-order valence-electron chi connectivity index (χ0n) is 54.2. The maximum atomic E-state index is 13.3. The molecule has 0 saturated carbocycles. The molecule has 14 nitrogen and oxygen atoms in total. The van der Waals surface area contributed by atoms with Crippen molar-refractivity contribution in [2.45, 2.75) is 408 Å². The molecule has 2 rings (SSSR count). The Labute approximate surface area is 514 Å². The minimum Gasteiger partial charge on any atom is -0.394 e. The Kier molecular flexibility index (Phi) is 52.3. The number of aliphatic hydroxyl groups is 8. The summed E-state index contributed by atoms with van der Waals surface area (Å²) in [4.78, 5) is 13.3. The Hall–Kier alpha value is -1.27. The highest BCUT2D eigenvalue weighted by Gasteiger charge is 2.51. The van der Waals surface area contributed by atoms with E-state index >= 15 is 0 Å². The van der Waals surface area contributed by atoms with Crippen LogP contribution in [0.3, 0.4) is 0 Å². The first-order valence-corrected chi connectivity index (χ1v) is 35.9. The second-order valence-electron chi connectivity index (χ2n) is 25.7. The molecule has 84 heavy (non-hydrogen) atoms. The van der Waals surface area contributed by atoms with Crippen molar-refractivity contribution in [1.29, 1.82) is 0 Å². The molecular formula is C70H135NO13. The molecule has 0 spiro atoms. The predicted octanol–water partition coefficient (Wildman–Crippen LogP) is 14.6. The SMILES string of the molecule is CCCCCCCCCCC/C=C/C(O)C(COC1OC(CO)C(OC2OC(CO)C(O)C(O)C2O)C(O)C1O)NC(=O)CCCCCCCCCCCCCCCCCCCCCCCCCCCCCCCCCCCCCCCCC. The van der Waals surface area contributed by atoms with Gasteiger partial charge >= 0.3 is 0 Å². The summed E-state index contributed by atoms with van der Waals surface area (Å²) in [6.45, 7) is 2.82. The summed E-state index contributed by atoms with van der Waals surface area (Å²) in [7, 11) is 0. The standard InChI is InChI=1S/C70H135NO13/c1-3-5-7-9-11-13-15-16-17-18-19-20-21-22-23-24-25-26-27-28-29-30-31-32-33-34-35-36-37-38-39-40-41-42-44-46-48-50-52-54-62(75)71-58(59(74)53-51-49-47-45-43-14-12-10-8-6-4-2)57-81-69-67(80)65(78)68(61(56-73)83-69)84-70-66(79)64(77)63(76)60(55-72)82-70/h51,53,58-61,63-70,72-74,76-80H,3-50,52,54-57H2,1-2H3,(H,71,75)/b53-51+. The number of hydrogen-bond acceptors (Lipinski definition) is 13. The van der Waals surface area contributed by atoms with E-state index in [0.717, 1.165) is 38.5 Å². The number of rotatable bonds is 60. The number of unbranched alkanes of at least 4 members (excludes halogenated alkanes) is 47. The lowest BCUT2D eigenvalue weighted by atomic mass is 9.97. The lowest BCUT2D eigenvalue weighted by molar-refractivity contribution is -0.359. The van der Waals surface area contributed by atoms with Crippen LogP contribution in [0.1, 0.15) is 335 Å². The van der Waals surface area contributed by atoms with E-state index in [-0.39, 0.29) is 18.9 Å².